The van der Waals surface area contributed by atoms with Crippen molar-refractivity contribution >= 4 is 15.9 Å². The molecule has 108 valence electrons. The molecular weight excluding hydrogens is 341 g/mol. The zero-order chi connectivity index (χ0) is 14.9. The zero-order valence-corrected chi connectivity index (χ0v) is 11.9. The van der Waals surface area contributed by atoms with Gasteiger partial charge < -0.3 is 9.63 Å². The third-order valence-corrected chi connectivity index (χ3v) is 3.34. The normalized spacial score (nSPS) is 13.5. The first-order valence-electron chi connectivity index (χ1n) is 5.71. The number of rotatable bonds is 3. The van der Waals surface area contributed by atoms with Crippen molar-refractivity contribution in [3.63, 3.8) is 0 Å². The second-order valence-corrected chi connectivity index (χ2v) is 4.93. The van der Waals surface area contributed by atoms with Gasteiger partial charge in [0.05, 0.1) is 5.56 Å². The third kappa shape index (κ3) is 3.01. The van der Waals surface area contributed by atoms with Crippen LogP contribution in [-0.2, 0) is 6.18 Å². The predicted molar refractivity (Wildman–Crippen MR) is 67.7 cm³/mol. The standard InChI is InChI=1S/C12H10BrF3N2O2/c1-2-9(19)10-17-11(20-18-10)6-3-4-8(13)7(5-6)12(14,15)16/h3-5,9,19H,2H2,1H3. The summed E-state index contributed by atoms with van der Waals surface area (Å²) in [6.45, 7) is 1.72. The van der Waals surface area contributed by atoms with Gasteiger partial charge in [-0.2, -0.15) is 18.2 Å². The number of hydrogen-bond donors (Lipinski definition) is 1. The average molecular weight is 351 g/mol. The van der Waals surface area contributed by atoms with Crippen LogP contribution in [0.2, 0.25) is 0 Å². The van der Waals surface area contributed by atoms with E-state index < -0.39 is 17.8 Å². The summed E-state index contributed by atoms with van der Waals surface area (Å²) in [5.41, 5.74) is -0.687. The van der Waals surface area contributed by atoms with E-state index in [1.807, 2.05) is 0 Å². The molecule has 2 aromatic rings. The molecule has 1 atom stereocenters. The molecule has 0 bridgehead atoms. The zero-order valence-electron chi connectivity index (χ0n) is 10.3. The maximum atomic E-state index is 12.8. The highest BCUT2D eigenvalue weighted by atomic mass is 79.9. The molecule has 0 amide bonds. The number of aliphatic hydroxyl groups is 1. The molecule has 0 aliphatic carbocycles. The first kappa shape index (κ1) is 15.0. The smallest absolute Gasteiger partial charge is 0.385 e. The van der Waals surface area contributed by atoms with Crippen LogP contribution in [0.5, 0.6) is 0 Å². The van der Waals surface area contributed by atoms with Gasteiger partial charge in [-0.3, -0.25) is 0 Å². The van der Waals surface area contributed by atoms with Crippen molar-refractivity contribution in [2.24, 2.45) is 0 Å². The Morgan fingerprint density at radius 2 is 2.10 bits per heavy atom. The highest BCUT2D eigenvalue weighted by molar-refractivity contribution is 9.10. The lowest BCUT2D eigenvalue weighted by Crippen LogP contribution is -2.06. The lowest BCUT2D eigenvalue weighted by Gasteiger charge is -2.09. The first-order valence-corrected chi connectivity index (χ1v) is 6.51. The number of aromatic nitrogens is 2. The molecule has 8 heteroatoms. The summed E-state index contributed by atoms with van der Waals surface area (Å²) in [5, 5.41) is 13.1. The van der Waals surface area contributed by atoms with Gasteiger partial charge in [0.1, 0.15) is 6.10 Å². The number of halogens is 4. The Hall–Kier alpha value is -1.41. The number of hydrogen-bond acceptors (Lipinski definition) is 4. The Balaban J connectivity index is 2.41. The van der Waals surface area contributed by atoms with Gasteiger partial charge in [-0.15, -0.1) is 0 Å². The number of alkyl halides is 3. The molecule has 0 aliphatic heterocycles. The highest BCUT2D eigenvalue weighted by Crippen LogP contribution is 2.37. The summed E-state index contributed by atoms with van der Waals surface area (Å²) in [6.07, 6.45) is -5.00. The van der Waals surface area contributed by atoms with E-state index in [4.69, 9.17) is 4.52 Å². The van der Waals surface area contributed by atoms with E-state index in [0.29, 0.717) is 6.42 Å². The molecular formula is C12H10BrF3N2O2. The largest absolute Gasteiger partial charge is 0.417 e. The maximum absolute atomic E-state index is 12.8. The van der Waals surface area contributed by atoms with Gasteiger partial charge in [0, 0.05) is 10.0 Å². The SMILES string of the molecule is CCC(O)c1noc(-c2ccc(Br)c(C(F)(F)F)c2)n1. The third-order valence-electron chi connectivity index (χ3n) is 2.65. The Morgan fingerprint density at radius 3 is 2.70 bits per heavy atom. The van der Waals surface area contributed by atoms with E-state index in [1.165, 1.54) is 12.1 Å². The number of nitrogens with zero attached hydrogens (tertiary/aromatic N) is 2. The molecule has 0 fully saturated rings. The first-order chi connectivity index (χ1) is 9.32. The molecule has 0 saturated heterocycles. The van der Waals surface area contributed by atoms with E-state index in [1.54, 1.807) is 6.92 Å². The van der Waals surface area contributed by atoms with Gasteiger partial charge in [0.2, 0.25) is 5.82 Å². The van der Waals surface area contributed by atoms with Gasteiger partial charge in [-0.05, 0) is 24.6 Å². The Kier molecular flexibility index (Phi) is 4.14. The fourth-order valence-corrected chi connectivity index (χ4v) is 2.02. The van der Waals surface area contributed by atoms with E-state index in [-0.39, 0.29) is 21.8 Å². The van der Waals surface area contributed by atoms with Crippen LogP contribution in [0.1, 0.15) is 30.8 Å². The van der Waals surface area contributed by atoms with E-state index in [9.17, 15) is 18.3 Å². The lowest BCUT2D eigenvalue weighted by atomic mass is 10.1. The molecule has 4 nitrogen and oxygen atoms in total. The van der Waals surface area contributed by atoms with Crippen LogP contribution < -0.4 is 0 Å². The number of benzene rings is 1. The van der Waals surface area contributed by atoms with Crippen molar-refractivity contribution < 1.29 is 22.8 Å². The Bertz CT molecular complexity index is 613. The van der Waals surface area contributed by atoms with Crippen molar-refractivity contribution in [3.8, 4) is 11.5 Å². The van der Waals surface area contributed by atoms with Gasteiger partial charge in [-0.25, -0.2) is 0 Å². The van der Waals surface area contributed by atoms with E-state index in [2.05, 4.69) is 26.1 Å². The monoisotopic (exact) mass is 350 g/mol. The molecule has 1 heterocycles. The van der Waals surface area contributed by atoms with Gasteiger partial charge in [0.15, 0.2) is 0 Å². The van der Waals surface area contributed by atoms with Crippen LogP contribution in [0.3, 0.4) is 0 Å². The summed E-state index contributed by atoms with van der Waals surface area (Å²) in [6, 6.07) is 3.60. The maximum Gasteiger partial charge on any atom is 0.417 e. The van der Waals surface area contributed by atoms with Crippen molar-refractivity contribution in [1.29, 1.82) is 0 Å². The predicted octanol–water partition coefficient (Wildman–Crippen LogP) is 3.96. The second kappa shape index (κ2) is 5.53. The molecule has 1 aromatic heterocycles. The molecule has 0 radical (unpaired) electrons. The van der Waals surface area contributed by atoms with Crippen molar-refractivity contribution in [1.82, 2.24) is 10.1 Å². The van der Waals surface area contributed by atoms with E-state index >= 15 is 0 Å². The van der Waals surface area contributed by atoms with Crippen molar-refractivity contribution in [3.05, 3.63) is 34.1 Å². The molecule has 0 aliphatic rings. The average Bonchev–Trinajstić information content (AvgIpc) is 2.86. The fourth-order valence-electron chi connectivity index (χ4n) is 1.55. The minimum atomic E-state index is -4.49. The Labute approximate surface area is 120 Å². The van der Waals surface area contributed by atoms with Gasteiger partial charge in [0.25, 0.3) is 5.89 Å². The summed E-state index contributed by atoms with van der Waals surface area (Å²) in [5.74, 6) is -0.00974. The van der Waals surface area contributed by atoms with E-state index in [0.717, 1.165) is 6.07 Å². The molecule has 0 spiro atoms. The molecule has 1 N–H and O–H groups in total. The fraction of sp³-hybridized carbons (Fsp3) is 0.333. The minimum Gasteiger partial charge on any atom is -0.385 e. The lowest BCUT2D eigenvalue weighted by molar-refractivity contribution is -0.138. The molecule has 20 heavy (non-hydrogen) atoms. The van der Waals surface area contributed by atoms with Gasteiger partial charge in [-0.1, -0.05) is 28.0 Å². The Morgan fingerprint density at radius 1 is 1.40 bits per heavy atom. The summed E-state index contributed by atoms with van der Waals surface area (Å²) < 4.78 is 43.2. The molecule has 1 unspecified atom stereocenters. The second-order valence-electron chi connectivity index (χ2n) is 4.07. The van der Waals surface area contributed by atoms with Crippen LogP contribution in [0, 0.1) is 0 Å². The quantitative estimate of drug-likeness (QED) is 0.909. The molecule has 0 saturated carbocycles. The highest BCUT2D eigenvalue weighted by Gasteiger charge is 2.33. The topological polar surface area (TPSA) is 59.2 Å². The number of aliphatic hydroxyl groups excluding tert-OH is 1. The van der Waals surface area contributed by atoms with Crippen LogP contribution in [0.15, 0.2) is 27.2 Å². The molecule has 1 aromatic carbocycles. The minimum absolute atomic E-state index is 0.0546. The van der Waals surface area contributed by atoms with Gasteiger partial charge >= 0.3 is 6.18 Å². The molecule has 2 rings (SSSR count). The van der Waals surface area contributed by atoms with Crippen molar-refractivity contribution in [2.45, 2.75) is 25.6 Å². The van der Waals surface area contributed by atoms with Crippen molar-refractivity contribution in [2.75, 3.05) is 0 Å². The van der Waals surface area contributed by atoms with Crippen LogP contribution in [0.4, 0.5) is 13.2 Å². The van der Waals surface area contributed by atoms with Crippen LogP contribution in [-0.4, -0.2) is 15.2 Å². The summed E-state index contributed by atoms with van der Waals surface area (Å²) in [7, 11) is 0. The summed E-state index contributed by atoms with van der Waals surface area (Å²) >= 11 is 2.85. The van der Waals surface area contributed by atoms with Crippen LogP contribution >= 0.6 is 15.9 Å². The summed E-state index contributed by atoms with van der Waals surface area (Å²) in [4.78, 5) is 3.89. The van der Waals surface area contributed by atoms with Crippen LogP contribution in [0.25, 0.3) is 11.5 Å².